The van der Waals surface area contributed by atoms with E-state index in [1.54, 1.807) is 19.1 Å². The van der Waals surface area contributed by atoms with Gasteiger partial charge >= 0.3 is 0 Å². The number of nitrogens with zero attached hydrogens (tertiary/aromatic N) is 3. The van der Waals surface area contributed by atoms with Crippen LogP contribution in [-0.4, -0.2) is 47.8 Å². The number of amides is 1. The Bertz CT molecular complexity index is 1410. The zero-order valence-electron chi connectivity index (χ0n) is 22.3. The average molecular weight is 554 g/mol. The molecule has 1 aliphatic carbocycles. The van der Waals surface area contributed by atoms with E-state index in [1.165, 1.54) is 24.2 Å². The van der Waals surface area contributed by atoms with E-state index in [-0.39, 0.29) is 29.5 Å². The van der Waals surface area contributed by atoms with E-state index in [4.69, 9.17) is 16.7 Å². The molecule has 1 saturated carbocycles. The van der Waals surface area contributed by atoms with Crippen LogP contribution in [0.15, 0.2) is 59.5 Å². The van der Waals surface area contributed by atoms with Gasteiger partial charge in [-0.05, 0) is 74.6 Å². The molecule has 0 spiro atoms. The Kier molecular flexibility index (Phi) is 7.70. The van der Waals surface area contributed by atoms with Crippen LogP contribution < -0.4 is 0 Å². The number of hydrogen-bond donors (Lipinski definition) is 0. The number of hydrogen-bond acceptors (Lipinski definition) is 4. The highest BCUT2D eigenvalue weighted by Gasteiger charge is 2.40. The molecule has 1 saturated heterocycles. The predicted molar refractivity (Wildman–Crippen MR) is 151 cm³/mol. The molecule has 5 rings (SSSR count). The van der Waals surface area contributed by atoms with Gasteiger partial charge in [-0.1, -0.05) is 42.8 Å². The summed E-state index contributed by atoms with van der Waals surface area (Å²) in [6.45, 7) is 7.25. The maximum atomic E-state index is 13.4. The average Bonchev–Trinajstić information content (AvgIpc) is 3.49. The molecule has 2 unspecified atom stereocenters. The van der Waals surface area contributed by atoms with E-state index in [0.29, 0.717) is 41.8 Å². The topological polar surface area (TPSA) is 72.3 Å². The number of rotatable bonds is 9. The van der Waals surface area contributed by atoms with E-state index in [9.17, 15) is 13.2 Å². The van der Waals surface area contributed by atoms with Gasteiger partial charge in [0.15, 0.2) is 9.84 Å². The van der Waals surface area contributed by atoms with Gasteiger partial charge in [0, 0.05) is 54.0 Å². The molecule has 1 amide bonds. The molecule has 38 heavy (non-hydrogen) atoms. The highest BCUT2D eigenvalue weighted by atomic mass is 35.5. The first kappa shape index (κ1) is 26.9. The lowest BCUT2D eigenvalue weighted by atomic mass is 9.86. The second kappa shape index (κ2) is 10.9. The van der Waals surface area contributed by atoms with Crippen LogP contribution in [0.5, 0.6) is 0 Å². The van der Waals surface area contributed by atoms with Gasteiger partial charge in [0.2, 0.25) is 5.91 Å². The Labute approximate surface area is 230 Å². The summed E-state index contributed by atoms with van der Waals surface area (Å²) in [5, 5.41) is 5.69. The number of aromatic nitrogens is 2. The van der Waals surface area contributed by atoms with Gasteiger partial charge in [0.05, 0.1) is 16.3 Å². The summed E-state index contributed by atoms with van der Waals surface area (Å²) in [5.41, 5.74) is 4.49. The standard InChI is InChI=1S/C30H36ClN3O3S/c1-4-38(36,37)25-13-8-21(9-14-25)10-15-30(35)33-18-26(23-6-5-7-24(31)16-23)27(19-33)29-17-28(22-11-12-22)32-34(29)20(2)3/h5-9,13-14,16-17,20,22,26-27H,4,10-12,15,18-19H2,1-3H3. The number of carbonyl (C=O) groups excluding carboxylic acids is 1. The first-order valence-corrected chi connectivity index (χ1v) is 15.6. The zero-order chi connectivity index (χ0) is 27.0. The molecule has 3 aromatic rings. The molecule has 2 fully saturated rings. The lowest BCUT2D eigenvalue weighted by Crippen LogP contribution is -2.29. The minimum atomic E-state index is -3.23. The minimum Gasteiger partial charge on any atom is -0.341 e. The van der Waals surface area contributed by atoms with Crippen molar-refractivity contribution < 1.29 is 13.2 Å². The third-order valence-electron chi connectivity index (χ3n) is 7.89. The highest BCUT2D eigenvalue weighted by Crippen LogP contribution is 2.45. The summed E-state index contributed by atoms with van der Waals surface area (Å²) >= 11 is 6.38. The summed E-state index contributed by atoms with van der Waals surface area (Å²) in [7, 11) is -3.23. The van der Waals surface area contributed by atoms with Crippen LogP contribution in [0.2, 0.25) is 5.02 Å². The van der Waals surface area contributed by atoms with E-state index in [0.717, 1.165) is 11.1 Å². The maximum absolute atomic E-state index is 13.4. The van der Waals surface area contributed by atoms with Gasteiger partial charge in [-0.3, -0.25) is 9.48 Å². The monoisotopic (exact) mass is 553 g/mol. The lowest BCUT2D eigenvalue weighted by molar-refractivity contribution is -0.130. The molecule has 8 heteroatoms. The van der Waals surface area contributed by atoms with Gasteiger partial charge in [0.25, 0.3) is 0 Å². The number of aryl methyl sites for hydroxylation is 1. The second-order valence-electron chi connectivity index (χ2n) is 10.9. The Morgan fingerprint density at radius 3 is 2.39 bits per heavy atom. The van der Waals surface area contributed by atoms with Crippen LogP contribution in [0.25, 0.3) is 0 Å². The van der Waals surface area contributed by atoms with Crippen molar-refractivity contribution in [1.82, 2.24) is 14.7 Å². The molecule has 2 aliphatic rings. The van der Waals surface area contributed by atoms with Gasteiger partial charge < -0.3 is 4.90 Å². The third kappa shape index (κ3) is 5.69. The predicted octanol–water partition coefficient (Wildman–Crippen LogP) is 6.13. The normalized spacial score (nSPS) is 19.9. The van der Waals surface area contributed by atoms with Crippen LogP contribution in [0.1, 0.15) is 86.3 Å². The largest absolute Gasteiger partial charge is 0.341 e. The number of sulfone groups is 1. The molecule has 2 aromatic carbocycles. The van der Waals surface area contributed by atoms with Crippen molar-refractivity contribution in [1.29, 1.82) is 0 Å². The van der Waals surface area contributed by atoms with E-state index < -0.39 is 9.84 Å². The third-order valence-corrected chi connectivity index (χ3v) is 9.87. The summed E-state index contributed by atoms with van der Waals surface area (Å²) in [6.07, 6.45) is 3.36. The fraction of sp³-hybridized carbons (Fsp3) is 0.467. The first-order valence-electron chi connectivity index (χ1n) is 13.6. The van der Waals surface area contributed by atoms with Crippen molar-refractivity contribution in [2.45, 2.75) is 75.1 Å². The molecule has 0 bridgehead atoms. The van der Waals surface area contributed by atoms with E-state index in [2.05, 4.69) is 30.7 Å². The van der Waals surface area contributed by atoms with Gasteiger partial charge in [-0.2, -0.15) is 5.10 Å². The van der Waals surface area contributed by atoms with Crippen molar-refractivity contribution in [3.8, 4) is 0 Å². The quantitative estimate of drug-likeness (QED) is 0.319. The van der Waals surface area contributed by atoms with Crippen LogP contribution >= 0.6 is 11.6 Å². The summed E-state index contributed by atoms with van der Waals surface area (Å²) in [6, 6.07) is 17.4. The van der Waals surface area contributed by atoms with Crippen LogP contribution in [0, 0.1) is 0 Å². The number of likely N-dealkylation sites (tertiary alicyclic amines) is 1. The molecule has 202 valence electrons. The maximum Gasteiger partial charge on any atom is 0.222 e. The van der Waals surface area contributed by atoms with Crippen molar-refractivity contribution in [3.63, 3.8) is 0 Å². The molecule has 0 radical (unpaired) electrons. The Hall–Kier alpha value is -2.64. The van der Waals surface area contributed by atoms with E-state index >= 15 is 0 Å². The number of halogens is 1. The Morgan fingerprint density at radius 2 is 1.76 bits per heavy atom. The van der Waals surface area contributed by atoms with Crippen LogP contribution in [0.4, 0.5) is 0 Å². The van der Waals surface area contributed by atoms with Crippen molar-refractivity contribution in [2.75, 3.05) is 18.8 Å². The molecule has 2 atom stereocenters. The van der Waals surface area contributed by atoms with Crippen molar-refractivity contribution in [3.05, 3.63) is 82.1 Å². The lowest BCUT2D eigenvalue weighted by Gasteiger charge is -2.21. The minimum absolute atomic E-state index is 0.0760. The fourth-order valence-corrected chi connectivity index (χ4v) is 6.60. The zero-order valence-corrected chi connectivity index (χ0v) is 23.9. The van der Waals surface area contributed by atoms with Crippen molar-refractivity contribution >= 4 is 27.3 Å². The second-order valence-corrected chi connectivity index (χ2v) is 13.6. The number of benzene rings is 2. The summed E-state index contributed by atoms with van der Waals surface area (Å²) in [4.78, 5) is 15.8. The summed E-state index contributed by atoms with van der Waals surface area (Å²) < 4.78 is 26.4. The Balaban J connectivity index is 1.36. The fourth-order valence-electron chi connectivity index (χ4n) is 5.52. The van der Waals surface area contributed by atoms with Gasteiger partial charge in [0.1, 0.15) is 0 Å². The van der Waals surface area contributed by atoms with Crippen molar-refractivity contribution in [2.24, 2.45) is 0 Å². The van der Waals surface area contributed by atoms with Gasteiger partial charge in [-0.15, -0.1) is 0 Å². The molecular formula is C30H36ClN3O3S. The SMILES string of the molecule is CCS(=O)(=O)c1ccc(CCC(=O)N2CC(c3cccc(Cl)c3)C(c3cc(C4CC4)nn3C(C)C)C2)cc1. The molecule has 1 aliphatic heterocycles. The van der Waals surface area contributed by atoms with Gasteiger partial charge in [-0.25, -0.2) is 8.42 Å². The van der Waals surface area contributed by atoms with Crippen LogP contribution in [-0.2, 0) is 21.1 Å². The molecule has 2 heterocycles. The molecule has 6 nitrogen and oxygen atoms in total. The van der Waals surface area contributed by atoms with E-state index in [1.807, 2.05) is 35.2 Å². The highest BCUT2D eigenvalue weighted by molar-refractivity contribution is 7.91. The first-order chi connectivity index (χ1) is 18.2. The molecule has 1 aromatic heterocycles. The summed E-state index contributed by atoms with van der Waals surface area (Å²) in [5.74, 6) is 1.03. The number of carbonyl (C=O) groups is 1. The van der Waals surface area contributed by atoms with Crippen LogP contribution in [0.3, 0.4) is 0 Å². The smallest absolute Gasteiger partial charge is 0.222 e. The Morgan fingerprint density at radius 1 is 1.05 bits per heavy atom. The molecular weight excluding hydrogens is 518 g/mol. The molecule has 0 N–H and O–H groups in total.